The molecule has 0 saturated heterocycles. The standard InChI is InChI=1S/C31H49ClN4O5/c1-6-12-25(15-11-18-41-27-16-17-33-28(20-27)30(38)40-5)34-21-26-19-29(37)35(9-4)31(39)36(26)22-23(7-2)13-10-14-24(32)8-3/h16-17,19-20,23-25,34H,6-15,18,21-22H2,1-5H3. The lowest BCUT2D eigenvalue weighted by Gasteiger charge is -2.23. The number of nitrogens with zero attached hydrogens (tertiary/aromatic N) is 3. The molecular formula is C31H49ClN4O5. The number of halogens is 1. The van der Waals surface area contributed by atoms with Gasteiger partial charge in [0.1, 0.15) is 5.75 Å². The van der Waals surface area contributed by atoms with E-state index < -0.39 is 5.97 Å². The number of rotatable bonds is 20. The van der Waals surface area contributed by atoms with Crippen molar-refractivity contribution < 1.29 is 14.3 Å². The van der Waals surface area contributed by atoms with Gasteiger partial charge >= 0.3 is 11.7 Å². The molecule has 0 aliphatic carbocycles. The van der Waals surface area contributed by atoms with E-state index >= 15 is 0 Å². The Morgan fingerprint density at radius 3 is 2.46 bits per heavy atom. The van der Waals surface area contributed by atoms with Crippen molar-refractivity contribution in [2.45, 2.75) is 117 Å². The summed E-state index contributed by atoms with van der Waals surface area (Å²) in [6.07, 6.45) is 10.1. The summed E-state index contributed by atoms with van der Waals surface area (Å²) in [6, 6.07) is 5.12. The summed E-state index contributed by atoms with van der Waals surface area (Å²) in [5.41, 5.74) is 0.455. The van der Waals surface area contributed by atoms with Crippen LogP contribution >= 0.6 is 11.6 Å². The SMILES string of the molecule is CCCC(CCCOc1ccnc(C(=O)OC)c1)NCc1cc(=O)n(CC)c(=O)n1CC(CC)CCCC(Cl)CC. The highest BCUT2D eigenvalue weighted by molar-refractivity contribution is 6.20. The number of hydrogen-bond acceptors (Lipinski definition) is 7. The Bertz CT molecular complexity index is 1180. The Morgan fingerprint density at radius 2 is 1.80 bits per heavy atom. The summed E-state index contributed by atoms with van der Waals surface area (Å²) in [4.78, 5) is 41.8. The van der Waals surface area contributed by atoms with Gasteiger partial charge in [-0.3, -0.25) is 13.9 Å². The van der Waals surface area contributed by atoms with Crippen molar-refractivity contribution in [3.05, 3.63) is 56.6 Å². The first kappa shape index (κ1) is 34.6. The minimum absolute atomic E-state index is 0.194. The maximum Gasteiger partial charge on any atom is 0.356 e. The topological polar surface area (TPSA) is 104 Å². The number of ether oxygens (including phenoxy) is 2. The van der Waals surface area contributed by atoms with Gasteiger partial charge in [-0.15, -0.1) is 11.6 Å². The fraction of sp³-hybridized carbons (Fsp3) is 0.677. The average molecular weight is 593 g/mol. The van der Waals surface area contributed by atoms with Crippen LogP contribution in [0.4, 0.5) is 0 Å². The quantitative estimate of drug-likeness (QED) is 0.122. The predicted octanol–water partition coefficient (Wildman–Crippen LogP) is 5.54. The summed E-state index contributed by atoms with van der Waals surface area (Å²) < 4.78 is 13.7. The van der Waals surface area contributed by atoms with Crippen LogP contribution in [0.3, 0.4) is 0 Å². The summed E-state index contributed by atoms with van der Waals surface area (Å²) in [7, 11) is 1.32. The van der Waals surface area contributed by atoms with Crippen LogP contribution < -0.4 is 21.3 Å². The third-order valence-corrected chi connectivity index (χ3v) is 8.10. The summed E-state index contributed by atoms with van der Waals surface area (Å²) >= 11 is 6.33. The van der Waals surface area contributed by atoms with Gasteiger partial charge in [-0.05, 0) is 57.4 Å². The molecule has 0 fully saturated rings. The highest BCUT2D eigenvalue weighted by atomic mass is 35.5. The van der Waals surface area contributed by atoms with Crippen molar-refractivity contribution in [2.75, 3.05) is 13.7 Å². The Balaban J connectivity index is 2.06. The molecule has 9 nitrogen and oxygen atoms in total. The molecule has 2 rings (SSSR count). The molecule has 230 valence electrons. The molecule has 0 saturated carbocycles. The largest absolute Gasteiger partial charge is 0.493 e. The smallest absolute Gasteiger partial charge is 0.356 e. The summed E-state index contributed by atoms with van der Waals surface area (Å²) in [5.74, 6) is 0.410. The number of nitrogens with one attached hydrogen (secondary N) is 1. The molecule has 0 aromatic carbocycles. The van der Waals surface area contributed by atoms with Crippen molar-refractivity contribution in [3.8, 4) is 5.75 Å². The van der Waals surface area contributed by atoms with Crippen LogP contribution in [0.5, 0.6) is 5.75 Å². The van der Waals surface area contributed by atoms with E-state index in [9.17, 15) is 14.4 Å². The molecular weight excluding hydrogens is 544 g/mol. The van der Waals surface area contributed by atoms with Crippen LogP contribution in [0.15, 0.2) is 34.0 Å². The van der Waals surface area contributed by atoms with Gasteiger partial charge < -0.3 is 14.8 Å². The third kappa shape index (κ3) is 11.3. The lowest BCUT2D eigenvalue weighted by atomic mass is 9.97. The maximum atomic E-state index is 13.3. The van der Waals surface area contributed by atoms with Gasteiger partial charge in [0.25, 0.3) is 5.56 Å². The van der Waals surface area contributed by atoms with Gasteiger partial charge in [0.2, 0.25) is 0 Å². The van der Waals surface area contributed by atoms with Gasteiger partial charge in [0, 0.05) is 55.1 Å². The molecule has 1 N–H and O–H groups in total. The highest BCUT2D eigenvalue weighted by Crippen LogP contribution is 2.19. The molecule has 0 radical (unpaired) electrons. The Labute approximate surface area is 249 Å². The van der Waals surface area contributed by atoms with Gasteiger partial charge in [-0.2, -0.15) is 0 Å². The molecule has 41 heavy (non-hydrogen) atoms. The Hall–Kier alpha value is -2.65. The molecule has 2 aromatic rings. The minimum atomic E-state index is -0.501. The van der Waals surface area contributed by atoms with E-state index in [2.05, 4.69) is 31.1 Å². The lowest BCUT2D eigenvalue weighted by Crippen LogP contribution is -2.43. The zero-order chi connectivity index (χ0) is 30.2. The summed E-state index contributed by atoms with van der Waals surface area (Å²) in [5, 5.41) is 3.80. The molecule has 3 atom stereocenters. The second-order valence-corrected chi connectivity index (χ2v) is 11.2. The minimum Gasteiger partial charge on any atom is -0.493 e. The Morgan fingerprint density at radius 1 is 1.02 bits per heavy atom. The summed E-state index contributed by atoms with van der Waals surface area (Å²) in [6.45, 7) is 10.1. The van der Waals surface area contributed by atoms with Crippen LogP contribution in [0.25, 0.3) is 0 Å². The van der Waals surface area contributed by atoms with Crippen molar-refractivity contribution in [1.82, 2.24) is 19.4 Å². The molecule has 2 heterocycles. The number of carbonyl (C=O) groups excluding carboxylic acids is 1. The van der Waals surface area contributed by atoms with Crippen LogP contribution in [0.1, 0.15) is 102 Å². The predicted molar refractivity (Wildman–Crippen MR) is 164 cm³/mol. The van der Waals surface area contributed by atoms with Gasteiger partial charge in [-0.25, -0.2) is 14.6 Å². The number of carbonyl (C=O) groups is 1. The van der Waals surface area contributed by atoms with Gasteiger partial charge in [0.15, 0.2) is 5.69 Å². The molecule has 0 aliphatic heterocycles. The number of methoxy groups -OCH3 is 1. The number of alkyl halides is 1. The zero-order valence-corrected chi connectivity index (χ0v) is 26.3. The fourth-order valence-corrected chi connectivity index (χ4v) is 5.15. The van der Waals surface area contributed by atoms with E-state index in [1.54, 1.807) is 22.8 Å². The molecule has 0 bridgehead atoms. The first-order valence-corrected chi connectivity index (χ1v) is 15.6. The second-order valence-electron chi connectivity index (χ2n) is 10.5. The first-order valence-electron chi connectivity index (χ1n) is 15.2. The molecule has 3 unspecified atom stereocenters. The average Bonchev–Trinajstić information content (AvgIpc) is 2.98. The van der Waals surface area contributed by atoms with E-state index in [4.69, 9.17) is 21.1 Å². The van der Waals surface area contributed by atoms with Crippen molar-refractivity contribution in [2.24, 2.45) is 5.92 Å². The highest BCUT2D eigenvalue weighted by Gasteiger charge is 2.17. The van der Waals surface area contributed by atoms with Gasteiger partial charge in [0.05, 0.1) is 13.7 Å². The lowest BCUT2D eigenvalue weighted by molar-refractivity contribution is 0.0593. The second kappa shape index (κ2) is 18.7. The van der Waals surface area contributed by atoms with E-state index in [-0.39, 0.29) is 28.4 Å². The fourth-order valence-electron chi connectivity index (χ4n) is 4.99. The number of esters is 1. The van der Waals surface area contributed by atoms with E-state index in [1.807, 2.05) is 6.92 Å². The monoisotopic (exact) mass is 592 g/mol. The first-order chi connectivity index (χ1) is 19.8. The van der Waals surface area contributed by atoms with Crippen molar-refractivity contribution in [3.63, 3.8) is 0 Å². The Kier molecular flexibility index (Phi) is 15.8. The molecule has 10 heteroatoms. The molecule has 0 aliphatic rings. The maximum absolute atomic E-state index is 13.3. The van der Waals surface area contributed by atoms with Crippen LogP contribution in [-0.2, 0) is 24.4 Å². The molecule has 0 amide bonds. The van der Waals surface area contributed by atoms with Crippen molar-refractivity contribution in [1.29, 1.82) is 0 Å². The molecule has 2 aromatic heterocycles. The van der Waals surface area contributed by atoms with Crippen molar-refractivity contribution >= 4 is 17.6 Å². The number of hydrogen-bond donors (Lipinski definition) is 1. The third-order valence-electron chi connectivity index (χ3n) is 7.57. The van der Waals surface area contributed by atoms with Gasteiger partial charge in [-0.1, -0.05) is 40.0 Å². The van der Waals surface area contributed by atoms with E-state index in [0.29, 0.717) is 37.9 Å². The zero-order valence-electron chi connectivity index (χ0n) is 25.5. The van der Waals surface area contributed by atoms with Crippen LogP contribution in [0.2, 0.25) is 0 Å². The van der Waals surface area contributed by atoms with E-state index in [0.717, 1.165) is 63.5 Å². The van der Waals surface area contributed by atoms with Crippen LogP contribution in [0, 0.1) is 5.92 Å². The van der Waals surface area contributed by atoms with E-state index in [1.165, 1.54) is 17.9 Å². The normalized spacial score (nSPS) is 13.5. The molecule has 0 spiro atoms. The van der Waals surface area contributed by atoms with Crippen LogP contribution in [-0.4, -0.2) is 45.2 Å². The number of aromatic nitrogens is 3. The number of pyridine rings is 1.